The molecule has 0 N–H and O–H groups in total. The molecule has 0 aliphatic carbocycles. The molecule has 0 amide bonds. The number of unbranched alkanes of at least 4 members (excludes halogenated alkanes) is 2. The van der Waals surface area contributed by atoms with E-state index in [0.29, 0.717) is 11.3 Å². The van der Waals surface area contributed by atoms with E-state index in [1.54, 1.807) is 13.2 Å². The molecule has 2 heteroatoms. The van der Waals surface area contributed by atoms with Crippen LogP contribution in [0.5, 0.6) is 5.75 Å². The second-order valence-electron chi connectivity index (χ2n) is 3.25. The first-order valence-corrected chi connectivity index (χ1v) is 5.10. The molecule has 0 heterocycles. The average Bonchev–Trinajstić information content (AvgIpc) is 2.25. The van der Waals surface area contributed by atoms with Crippen molar-refractivity contribution in [1.82, 2.24) is 0 Å². The Balaban J connectivity index is 2.80. The van der Waals surface area contributed by atoms with Crippen LogP contribution >= 0.6 is 0 Å². The zero-order valence-corrected chi connectivity index (χ0v) is 9.14. The maximum Gasteiger partial charge on any atom is 0.134 e. The topological polar surface area (TPSA) is 9.23 Å². The molecule has 0 atom stereocenters. The fourth-order valence-electron chi connectivity index (χ4n) is 1.20. The van der Waals surface area contributed by atoms with Gasteiger partial charge in [0, 0.05) is 6.42 Å². The summed E-state index contributed by atoms with van der Waals surface area (Å²) in [5.74, 6) is 6.28. The maximum atomic E-state index is 12.9. The van der Waals surface area contributed by atoms with E-state index >= 15 is 0 Å². The van der Waals surface area contributed by atoms with Gasteiger partial charge in [0.2, 0.25) is 0 Å². The highest BCUT2D eigenvalue weighted by molar-refractivity contribution is 5.46. The number of halogens is 1. The summed E-state index contributed by atoms with van der Waals surface area (Å²) in [6.45, 7) is 2.12. The van der Waals surface area contributed by atoms with Crippen LogP contribution in [0.1, 0.15) is 31.7 Å². The number of benzene rings is 1. The van der Waals surface area contributed by atoms with Gasteiger partial charge in [-0.05, 0) is 24.6 Å². The van der Waals surface area contributed by atoms with Crippen molar-refractivity contribution < 1.29 is 9.13 Å². The number of hydrogen-bond donors (Lipinski definition) is 0. The summed E-state index contributed by atoms with van der Waals surface area (Å²) >= 11 is 0. The molecule has 80 valence electrons. The van der Waals surface area contributed by atoms with Gasteiger partial charge < -0.3 is 4.74 Å². The highest BCUT2D eigenvalue weighted by Crippen LogP contribution is 2.17. The lowest BCUT2D eigenvalue weighted by molar-refractivity contribution is 0.412. The Morgan fingerprint density at radius 2 is 2.20 bits per heavy atom. The fourth-order valence-corrected chi connectivity index (χ4v) is 1.20. The number of rotatable bonds is 3. The summed E-state index contributed by atoms with van der Waals surface area (Å²) in [6, 6.07) is 4.37. The monoisotopic (exact) mass is 206 g/mol. The van der Waals surface area contributed by atoms with E-state index in [2.05, 4.69) is 18.8 Å². The van der Waals surface area contributed by atoms with E-state index in [0.717, 1.165) is 19.3 Å². The maximum absolute atomic E-state index is 12.9. The standard InChI is InChI=1S/C13H15FO/c1-3-4-5-6-7-11-10-12(14)8-9-13(11)15-2/h8-10H,3-5H2,1-2H3. The van der Waals surface area contributed by atoms with Crippen LogP contribution in [0.15, 0.2) is 18.2 Å². The summed E-state index contributed by atoms with van der Waals surface area (Å²) in [4.78, 5) is 0. The molecule has 0 unspecified atom stereocenters. The van der Waals surface area contributed by atoms with Crippen molar-refractivity contribution in [3.05, 3.63) is 29.6 Å². The molecule has 0 saturated heterocycles. The van der Waals surface area contributed by atoms with Gasteiger partial charge in [-0.15, -0.1) is 0 Å². The van der Waals surface area contributed by atoms with Gasteiger partial charge in [-0.3, -0.25) is 0 Å². The summed E-state index contributed by atoms with van der Waals surface area (Å²) in [5, 5.41) is 0. The van der Waals surface area contributed by atoms with E-state index in [-0.39, 0.29) is 5.82 Å². The Hall–Kier alpha value is -1.49. The largest absolute Gasteiger partial charge is 0.495 e. The predicted octanol–water partition coefficient (Wildman–Crippen LogP) is 3.38. The van der Waals surface area contributed by atoms with Crippen molar-refractivity contribution in [2.24, 2.45) is 0 Å². The van der Waals surface area contributed by atoms with Crippen LogP contribution in [0.4, 0.5) is 4.39 Å². The molecule has 0 fully saturated rings. The minimum atomic E-state index is -0.282. The molecule has 0 radical (unpaired) electrons. The molecule has 0 spiro atoms. The van der Waals surface area contributed by atoms with Crippen molar-refractivity contribution >= 4 is 0 Å². The van der Waals surface area contributed by atoms with Gasteiger partial charge in [0.25, 0.3) is 0 Å². The molecular weight excluding hydrogens is 191 g/mol. The molecule has 1 nitrogen and oxygen atoms in total. The number of methoxy groups -OCH3 is 1. The van der Waals surface area contributed by atoms with Crippen LogP contribution in [0.3, 0.4) is 0 Å². The Labute approximate surface area is 90.3 Å². The van der Waals surface area contributed by atoms with Crippen molar-refractivity contribution in [3.8, 4) is 17.6 Å². The summed E-state index contributed by atoms with van der Waals surface area (Å²) in [5.41, 5.74) is 0.619. The minimum Gasteiger partial charge on any atom is -0.495 e. The Morgan fingerprint density at radius 1 is 1.40 bits per heavy atom. The van der Waals surface area contributed by atoms with Gasteiger partial charge in [0.15, 0.2) is 0 Å². The molecule has 0 aliphatic rings. The fraction of sp³-hybridized carbons (Fsp3) is 0.385. The van der Waals surface area contributed by atoms with Crippen LogP contribution in [-0.2, 0) is 0 Å². The third-order valence-corrected chi connectivity index (χ3v) is 2.04. The van der Waals surface area contributed by atoms with Crippen LogP contribution in [-0.4, -0.2) is 7.11 Å². The molecule has 0 aromatic heterocycles. The number of ether oxygens (including phenoxy) is 1. The lowest BCUT2D eigenvalue weighted by Crippen LogP contribution is -1.88. The molecule has 0 bridgehead atoms. The van der Waals surface area contributed by atoms with Gasteiger partial charge in [-0.2, -0.15) is 0 Å². The van der Waals surface area contributed by atoms with Crippen molar-refractivity contribution in [2.75, 3.05) is 7.11 Å². The second kappa shape index (κ2) is 6.08. The molecule has 1 aromatic rings. The van der Waals surface area contributed by atoms with Crippen LogP contribution < -0.4 is 4.74 Å². The summed E-state index contributed by atoms with van der Waals surface area (Å²) in [6.07, 6.45) is 3.04. The predicted molar refractivity (Wildman–Crippen MR) is 59.4 cm³/mol. The first-order chi connectivity index (χ1) is 7.27. The first-order valence-electron chi connectivity index (χ1n) is 5.10. The highest BCUT2D eigenvalue weighted by Gasteiger charge is 2.00. The third-order valence-electron chi connectivity index (χ3n) is 2.04. The smallest absolute Gasteiger partial charge is 0.134 e. The Bertz CT molecular complexity index is 374. The Kier molecular flexibility index (Phi) is 4.70. The van der Waals surface area contributed by atoms with E-state index < -0.39 is 0 Å². The lowest BCUT2D eigenvalue weighted by atomic mass is 10.2. The SMILES string of the molecule is CCCCC#Cc1cc(F)ccc1OC. The van der Waals surface area contributed by atoms with E-state index in [4.69, 9.17) is 4.74 Å². The Morgan fingerprint density at radius 3 is 2.87 bits per heavy atom. The molecule has 0 aliphatic heterocycles. The summed E-state index contributed by atoms with van der Waals surface area (Å²) < 4.78 is 18.0. The van der Waals surface area contributed by atoms with Gasteiger partial charge in [0.1, 0.15) is 11.6 Å². The molecule has 15 heavy (non-hydrogen) atoms. The van der Waals surface area contributed by atoms with Crippen LogP contribution in [0.2, 0.25) is 0 Å². The zero-order valence-electron chi connectivity index (χ0n) is 9.14. The minimum absolute atomic E-state index is 0.282. The van der Waals surface area contributed by atoms with Crippen molar-refractivity contribution in [1.29, 1.82) is 0 Å². The average molecular weight is 206 g/mol. The highest BCUT2D eigenvalue weighted by atomic mass is 19.1. The van der Waals surface area contributed by atoms with Crippen LogP contribution in [0, 0.1) is 17.7 Å². The quantitative estimate of drug-likeness (QED) is 0.544. The first kappa shape index (κ1) is 11.6. The molecule has 1 aromatic carbocycles. The van der Waals surface area contributed by atoms with E-state index in [1.807, 2.05) is 0 Å². The second-order valence-corrected chi connectivity index (χ2v) is 3.25. The molecule has 1 rings (SSSR count). The van der Waals surface area contributed by atoms with Gasteiger partial charge >= 0.3 is 0 Å². The van der Waals surface area contributed by atoms with E-state index in [9.17, 15) is 4.39 Å². The van der Waals surface area contributed by atoms with Crippen molar-refractivity contribution in [2.45, 2.75) is 26.2 Å². The molecule has 0 saturated carbocycles. The number of hydrogen-bond acceptors (Lipinski definition) is 1. The third kappa shape index (κ3) is 3.63. The van der Waals surface area contributed by atoms with Gasteiger partial charge in [0.05, 0.1) is 12.7 Å². The molecular formula is C13H15FO. The van der Waals surface area contributed by atoms with Crippen LogP contribution in [0.25, 0.3) is 0 Å². The lowest BCUT2D eigenvalue weighted by Gasteiger charge is -2.01. The van der Waals surface area contributed by atoms with Gasteiger partial charge in [-0.25, -0.2) is 4.39 Å². The zero-order chi connectivity index (χ0) is 11.1. The van der Waals surface area contributed by atoms with Gasteiger partial charge in [-0.1, -0.05) is 25.2 Å². The normalized spacial score (nSPS) is 9.27. The summed E-state index contributed by atoms with van der Waals surface area (Å²) in [7, 11) is 1.56. The van der Waals surface area contributed by atoms with Crippen molar-refractivity contribution in [3.63, 3.8) is 0 Å². The van der Waals surface area contributed by atoms with E-state index in [1.165, 1.54) is 12.1 Å².